The largest absolute Gasteiger partial charge is 0.368 e. The van der Waals surface area contributed by atoms with Crippen LogP contribution in [-0.2, 0) is 16.1 Å². The third kappa shape index (κ3) is 8.19. The van der Waals surface area contributed by atoms with Gasteiger partial charge in [-0.25, -0.2) is 4.99 Å². The average molecular weight is 558 g/mol. The number of aliphatic imine (C=N–C) groups is 1. The van der Waals surface area contributed by atoms with Gasteiger partial charge in [0.05, 0.1) is 6.54 Å². The molecule has 2 fully saturated rings. The van der Waals surface area contributed by atoms with Gasteiger partial charge in [-0.3, -0.25) is 9.69 Å². The Kier molecular flexibility index (Phi) is 11.2. The van der Waals surface area contributed by atoms with E-state index in [1.54, 1.807) is 0 Å². The van der Waals surface area contributed by atoms with E-state index in [0.717, 1.165) is 43.1 Å². The lowest BCUT2D eigenvalue weighted by molar-refractivity contribution is -0.124. The molecular formula is C24H40IN5O2. The van der Waals surface area contributed by atoms with Crippen molar-refractivity contribution in [1.82, 2.24) is 15.5 Å². The summed E-state index contributed by atoms with van der Waals surface area (Å²) in [5, 5.41) is 9.84. The minimum atomic E-state index is -0.325. The highest BCUT2D eigenvalue weighted by molar-refractivity contribution is 14.0. The molecule has 1 amide bonds. The summed E-state index contributed by atoms with van der Waals surface area (Å²) in [6.07, 6.45) is 5.34. The van der Waals surface area contributed by atoms with Crippen LogP contribution in [0.3, 0.4) is 0 Å². The standard InChI is InChI=1S/C24H39N5O2.HI/c1-4-25-23(27-18-24(2,3)29-13-6-5-7-14-29)26-17-19-10-8-11-20(16-19)28-22(30)21-12-9-15-31-21;/h8,10-11,16,21H,4-7,9,12-15,17-18H2,1-3H3,(H,28,30)(H2,25,26,27);1H. The van der Waals surface area contributed by atoms with Crippen LogP contribution in [0.25, 0.3) is 0 Å². The number of anilines is 1. The molecule has 0 bridgehead atoms. The van der Waals surface area contributed by atoms with E-state index >= 15 is 0 Å². The number of guanidine groups is 1. The normalized spacial score (nSPS) is 19.8. The van der Waals surface area contributed by atoms with E-state index < -0.39 is 0 Å². The van der Waals surface area contributed by atoms with Gasteiger partial charge in [-0.1, -0.05) is 18.6 Å². The van der Waals surface area contributed by atoms with Crippen LogP contribution in [-0.4, -0.2) is 61.2 Å². The van der Waals surface area contributed by atoms with E-state index in [0.29, 0.717) is 13.2 Å². The lowest BCUT2D eigenvalue weighted by Gasteiger charge is -2.41. The number of carbonyl (C=O) groups is 1. The number of benzene rings is 1. The van der Waals surface area contributed by atoms with Gasteiger partial charge < -0.3 is 20.7 Å². The second-order valence-electron chi connectivity index (χ2n) is 9.10. The molecular weight excluding hydrogens is 517 g/mol. The second kappa shape index (κ2) is 13.3. The van der Waals surface area contributed by atoms with Crippen LogP contribution in [0.2, 0.25) is 0 Å². The Morgan fingerprint density at radius 2 is 1.97 bits per heavy atom. The van der Waals surface area contributed by atoms with E-state index in [4.69, 9.17) is 9.73 Å². The molecule has 1 aromatic rings. The van der Waals surface area contributed by atoms with Gasteiger partial charge >= 0.3 is 0 Å². The van der Waals surface area contributed by atoms with Crippen LogP contribution in [0, 0.1) is 0 Å². The molecule has 0 radical (unpaired) electrons. The zero-order chi connectivity index (χ0) is 22.1. The van der Waals surface area contributed by atoms with Crippen molar-refractivity contribution in [3.63, 3.8) is 0 Å². The summed E-state index contributed by atoms with van der Waals surface area (Å²) in [5.74, 6) is 0.759. The number of rotatable bonds is 8. The molecule has 0 aliphatic carbocycles. The third-order valence-corrected chi connectivity index (χ3v) is 6.08. The number of ether oxygens (including phenoxy) is 1. The number of carbonyl (C=O) groups excluding carboxylic acids is 1. The van der Waals surface area contributed by atoms with Crippen molar-refractivity contribution in [3.8, 4) is 0 Å². The maximum Gasteiger partial charge on any atom is 0.253 e. The Labute approximate surface area is 210 Å². The van der Waals surface area contributed by atoms with Crippen molar-refractivity contribution in [2.45, 2.75) is 71.1 Å². The first-order valence-electron chi connectivity index (χ1n) is 11.8. The van der Waals surface area contributed by atoms with Gasteiger partial charge in [0.15, 0.2) is 5.96 Å². The molecule has 2 heterocycles. The van der Waals surface area contributed by atoms with E-state index in [9.17, 15) is 4.79 Å². The molecule has 1 unspecified atom stereocenters. The monoisotopic (exact) mass is 557 g/mol. The number of halogens is 1. The number of likely N-dealkylation sites (tertiary alicyclic amines) is 1. The van der Waals surface area contributed by atoms with Gasteiger partial charge in [-0.2, -0.15) is 0 Å². The maximum atomic E-state index is 12.3. The smallest absolute Gasteiger partial charge is 0.253 e. The number of hydrogen-bond acceptors (Lipinski definition) is 4. The maximum absolute atomic E-state index is 12.3. The van der Waals surface area contributed by atoms with E-state index in [1.807, 2.05) is 24.3 Å². The van der Waals surface area contributed by atoms with Crippen molar-refractivity contribution in [2.75, 3.05) is 38.1 Å². The molecule has 32 heavy (non-hydrogen) atoms. The summed E-state index contributed by atoms with van der Waals surface area (Å²) in [5.41, 5.74) is 1.93. The van der Waals surface area contributed by atoms with Gasteiger partial charge in [-0.15, -0.1) is 24.0 Å². The molecule has 7 nitrogen and oxygen atoms in total. The zero-order valence-corrected chi connectivity index (χ0v) is 22.1. The van der Waals surface area contributed by atoms with Crippen molar-refractivity contribution >= 4 is 41.5 Å². The Hall–Kier alpha value is -1.39. The fourth-order valence-electron chi connectivity index (χ4n) is 4.18. The fourth-order valence-corrected chi connectivity index (χ4v) is 4.18. The van der Waals surface area contributed by atoms with E-state index in [2.05, 4.69) is 41.6 Å². The third-order valence-electron chi connectivity index (χ3n) is 6.08. The van der Waals surface area contributed by atoms with E-state index in [-0.39, 0.29) is 41.5 Å². The van der Waals surface area contributed by atoms with Gasteiger partial charge in [0.25, 0.3) is 5.91 Å². The van der Waals surface area contributed by atoms with Crippen LogP contribution >= 0.6 is 24.0 Å². The van der Waals surface area contributed by atoms with Gasteiger partial charge in [0.1, 0.15) is 6.10 Å². The number of amides is 1. The van der Waals surface area contributed by atoms with Crippen LogP contribution in [0.15, 0.2) is 29.3 Å². The Balaban J connectivity index is 0.00000363. The quantitative estimate of drug-likeness (QED) is 0.258. The summed E-state index contributed by atoms with van der Waals surface area (Å²) in [4.78, 5) is 19.6. The van der Waals surface area contributed by atoms with Crippen molar-refractivity contribution in [1.29, 1.82) is 0 Å². The molecule has 2 aliphatic rings. The van der Waals surface area contributed by atoms with Crippen LogP contribution < -0.4 is 16.0 Å². The molecule has 2 saturated heterocycles. The minimum absolute atomic E-state index is 0. The van der Waals surface area contributed by atoms with Gasteiger partial charge in [-0.05, 0) is 77.2 Å². The molecule has 2 aliphatic heterocycles. The average Bonchev–Trinajstić information content (AvgIpc) is 3.32. The summed E-state index contributed by atoms with van der Waals surface area (Å²) in [6, 6.07) is 7.88. The first kappa shape index (κ1) is 26.9. The number of nitrogens with zero attached hydrogens (tertiary/aromatic N) is 2. The molecule has 0 spiro atoms. The SMILES string of the molecule is CCNC(=NCc1cccc(NC(=O)C2CCCO2)c1)NCC(C)(C)N1CCCCC1.I. The second-order valence-corrected chi connectivity index (χ2v) is 9.10. The molecule has 1 atom stereocenters. The summed E-state index contributed by atoms with van der Waals surface area (Å²) >= 11 is 0. The number of hydrogen-bond donors (Lipinski definition) is 3. The van der Waals surface area contributed by atoms with Gasteiger partial charge in [0, 0.05) is 30.9 Å². The van der Waals surface area contributed by atoms with E-state index in [1.165, 1.54) is 32.4 Å². The van der Waals surface area contributed by atoms with Crippen LogP contribution in [0.1, 0.15) is 58.4 Å². The highest BCUT2D eigenvalue weighted by Gasteiger charge is 2.28. The fraction of sp³-hybridized carbons (Fsp3) is 0.667. The number of piperidine rings is 1. The van der Waals surface area contributed by atoms with Crippen molar-refractivity contribution < 1.29 is 9.53 Å². The highest BCUT2D eigenvalue weighted by Crippen LogP contribution is 2.20. The molecule has 0 aromatic heterocycles. The van der Waals surface area contributed by atoms with Crippen LogP contribution in [0.4, 0.5) is 5.69 Å². The summed E-state index contributed by atoms with van der Waals surface area (Å²) in [7, 11) is 0. The Morgan fingerprint density at radius 3 is 2.66 bits per heavy atom. The lowest BCUT2D eigenvalue weighted by Crippen LogP contribution is -2.54. The van der Waals surface area contributed by atoms with Crippen LogP contribution in [0.5, 0.6) is 0 Å². The Bertz CT molecular complexity index is 744. The highest BCUT2D eigenvalue weighted by atomic mass is 127. The molecule has 8 heteroatoms. The zero-order valence-electron chi connectivity index (χ0n) is 19.8. The van der Waals surface area contributed by atoms with Crippen molar-refractivity contribution in [2.24, 2.45) is 4.99 Å². The number of nitrogens with one attached hydrogen (secondary N) is 3. The van der Waals surface area contributed by atoms with Crippen molar-refractivity contribution in [3.05, 3.63) is 29.8 Å². The molecule has 3 rings (SSSR count). The molecule has 1 aromatic carbocycles. The predicted molar refractivity (Wildman–Crippen MR) is 142 cm³/mol. The topological polar surface area (TPSA) is 78.0 Å². The first-order chi connectivity index (χ1) is 15.0. The molecule has 0 saturated carbocycles. The molecule has 180 valence electrons. The lowest BCUT2D eigenvalue weighted by atomic mass is 9.98. The van der Waals surface area contributed by atoms with Gasteiger partial charge in [0.2, 0.25) is 0 Å². The Morgan fingerprint density at radius 1 is 1.19 bits per heavy atom. The minimum Gasteiger partial charge on any atom is -0.368 e. The summed E-state index contributed by atoms with van der Waals surface area (Å²) < 4.78 is 5.47. The first-order valence-corrected chi connectivity index (χ1v) is 11.8. The molecule has 3 N–H and O–H groups in total. The predicted octanol–water partition coefficient (Wildman–Crippen LogP) is 3.74. The summed E-state index contributed by atoms with van der Waals surface area (Å²) in [6.45, 7) is 11.9.